The average molecular weight is 227 g/mol. The summed E-state index contributed by atoms with van der Waals surface area (Å²) in [4.78, 5) is 0. The highest BCUT2D eigenvalue weighted by atomic mass is 19.1. The Morgan fingerprint density at radius 2 is 1.88 bits per heavy atom. The summed E-state index contributed by atoms with van der Waals surface area (Å²) in [5.41, 5.74) is 5.00. The van der Waals surface area contributed by atoms with Crippen molar-refractivity contribution in [1.29, 1.82) is 0 Å². The van der Waals surface area contributed by atoms with Crippen LogP contribution in [-0.2, 0) is 0 Å². The molecule has 0 saturated heterocycles. The normalized spacial score (nSPS) is 45.6. The molecule has 2 aliphatic rings. The second-order valence-corrected chi connectivity index (χ2v) is 6.01. The highest BCUT2D eigenvalue weighted by molar-refractivity contribution is 4.94. The zero-order chi connectivity index (χ0) is 11.6. The Bertz CT molecular complexity index is 221. The molecule has 16 heavy (non-hydrogen) atoms. The van der Waals surface area contributed by atoms with Crippen molar-refractivity contribution in [2.24, 2.45) is 17.6 Å². The van der Waals surface area contributed by atoms with Crippen molar-refractivity contribution in [3.05, 3.63) is 0 Å². The Morgan fingerprint density at radius 3 is 2.50 bits per heavy atom. The smallest absolute Gasteiger partial charge is 0.114 e. The summed E-state index contributed by atoms with van der Waals surface area (Å²) in [5, 5.41) is 0. The van der Waals surface area contributed by atoms with Crippen LogP contribution >= 0.6 is 0 Å². The molecule has 0 spiro atoms. The van der Waals surface area contributed by atoms with Gasteiger partial charge in [-0.25, -0.2) is 4.39 Å². The maximum atomic E-state index is 14.9. The van der Waals surface area contributed by atoms with Gasteiger partial charge in [0.05, 0.1) is 0 Å². The van der Waals surface area contributed by atoms with E-state index in [9.17, 15) is 4.39 Å². The maximum Gasteiger partial charge on any atom is 0.114 e. The van der Waals surface area contributed by atoms with Crippen LogP contribution in [0.25, 0.3) is 0 Å². The maximum absolute atomic E-state index is 14.9. The van der Waals surface area contributed by atoms with E-state index in [-0.39, 0.29) is 6.04 Å². The van der Waals surface area contributed by atoms with Crippen molar-refractivity contribution in [2.45, 2.75) is 76.4 Å². The lowest BCUT2D eigenvalue weighted by atomic mass is 9.67. The van der Waals surface area contributed by atoms with Gasteiger partial charge >= 0.3 is 0 Å². The van der Waals surface area contributed by atoms with Gasteiger partial charge < -0.3 is 5.73 Å². The van der Waals surface area contributed by atoms with E-state index in [1.807, 2.05) is 0 Å². The van der Waals surface area contributed by atoms with Crippen LogP contribution in [0.3, 0.4) is 0 Å². The van der Waals surface area contributed by atoms with E-state index in [1.165, 1.54) is 19.3 Å². The lowest BCUT2D eigenvalue weighted by Crippen LogP contribution is -2.42. The molecule has 2 saturated carbocycles. The number of hydrogen-bond donors (Lipinski definition) is 1. The molecule has 2 unspecified atom stereocenters. The quantitative estimate of drug-likeness (QED) is 0.762. The molecule has 2 aliphatic carbocycles. The molecule has 0 heterocycles. The van der Waals surface area contributed by atoms with Gasteiger partial charge in [0.2, 0.25) is 0 Å². The minimum absolute atomic E-state index is 0.259. The second-order valence-electron chi connectivity index (χ2n) is 6.01. The van der Waals surface area contributed by atoms with E-state index in [1.54, 1.807) is 0 Å². The molecule has 2 N–H and O–H groups in total. The van der Waals surface area contributed by atoms with Crippen molar-refractivity contribution < 1.29 is 4.39 Å². The molecule has 94 valence electrons. The van der Waals surface area contributed by atoms with E-state index >= 15 is 0 Å². The predicted octanol–water partition coefficient (Wildman–Crippen LogP) is 3.81. The van der Waals surface area contributed by atoms with E-state index in [0.29, 0.717) is 5.92 Å². The van der Waals surface area contributed by atoms with Gasteiger partial charge in [-0.1, -0.05) is 26.2 Å². The van der Waals surface area contributed by atoms with Crippen molar-refractivity contribution >= 4 is 0 Å². The molecular formula is C14H26FN. The van der Waals surface area contributed by atoms with Gasteiger partial charge in [-0.15, -0.1) is 0 Å². The molecule has 2 heteroatoms. The highest BCUT2D eigenvalue weighted by Crippen LogP contribution is 2.46. The summed E-state index contributed by atoms with van der Waals surface area (Å²) in [6.45, 7) is 2.24. The Hall–Kier alpha value is -0.110. The first-order chi connectivity index (χ1) is 7.64. The molecular weight excluding hydrogens is 201 g/mol. The van der Waals surface area contributed by atoms with E-state index in [0.717, 1.165) is 44.4 Å². The molecule has 0 aromatic rings. The Morgan fingerprint density at radius 1 is 1.19 bits per heavy atom. The molecule has 2 rings (SSSR count). The monoisotopic (exact) mass is 227 g/mol. The third-order valence-corrected chi connectivity index (χ3v) is 4.95. The van der Waals surface area contributed by atoms with Crippen LogP contribution in [0, 0.1) is 11.8 Å². The number of hydrogen-bond acceptors (Lipinski definition) is 1. The number of nitrogens with two attached hydrogens (primary N) is 1. The summed E-state index contributed by atoms with van der Waals surface area (Å²) in [6, 6.07) is 0.259. The molecule has 0 aromatic heterocycles. The Kier molecular flexibility index (Phi) is 3.89. The standard InChI is InChI=1S/C14H26FN/c1-2-11-4-3-5-12(10-11)14(15)8-6-13(16)7-9-14/h11-13H,2-10,16H2,1H3. The SMILES string of the molecule is CCC1CCCC(C2(F)CCC(N)CC2)C1. The molecule has 2 atom stereocenters. The lowest BCUT2D eigenvalue weighted by molar-refractivity contribution is 0.00329. The molecule has 0 aromatic carbocycles. The van der Waals surface area contributed by atoms with Gasteiger partial charge in [-0.2, -0.15) is 0 Å². The van der Waals surface area contributed by atoms with Crippen LogP contribution < -0.4 is 5.73 Å². The first-order valence-electron chi connectivity index (χ1n) is 7.08. The van der Waals surface area contributed by atoms with Crippen LogP contribution in [0.2, 0.25) is 0 Å². The molecule has 2 fully saturated rings. The molecule has 0 amide bonds. The summed E-state index contributed by atoms with van der Waals surface area (Å²) >= 11 is 0. The zero-order valence-corrected chi connectivity index (χ0v) is 10.6. The van der Waals surface area contributed by atoms with Crippen LogP contribution in [0.5, 0.6) is 0 Å². The summed E-state index contributed by atoms with van der Waals surface area (Å²) < 4.78 is 14.9. The van der Waals surface area contributed by atoms with Gasteiger partial charge in [0.1, 0.15) is 5.67 Å². The summed E-state index contributed by atoms with van der Waals surface area (Å²) in [6.07, 6.45) is 9.25. The molecule has 1 nitrogen and oxygen atoms in total. The van der Waals surface area contributed by atoms with Gasteiger partial charge in [0.25, 0.3) is 0 Å². The Balaban J connectivity index is 1.94. The van der Waals surface area contributed by atoms with Gasteiger partial charge in [0.15, 0.2) is 0 Å². The van der Waals surface area contributed by atoms with Crippen molar-refractivity contribution in [3.63, 3.8) is 0 Å². The first-order valence-corrected chi connectivity index (χ1v) is 7.08. The minimum Gasteiger partial charge on any atom is -0.328 e. The number of alkyl halides is 1. The predicted molar refractivity (Wildman–Crippen MR) is 66.0 cm³/mol. The zero-order valence-electron chi connectivity index (χ0n) is 10.6. The fourth-order valence-electron chi connectivity index (χ4n) is 3.66. The number of rotatable bonds is 2. The van der Waals surface area contributed by atoms with Crippen molar-refractivity contribution in [3.8, 4) is 0 Å². The molecule has 0 bridgehead atoms. The topological polar surface area (TPSA) is 26.0 Å². The fourth-order valence-corrected chi connectivity index (χ4v) is 3.66. The van der Waals surface area contributed by atoms with Crippen LogP contribution in [0.15, 0.2) is 0 Å². The van der Waals surface area contributed by atoms with E-state index in [2.05, 4.69) is 6.92 Å². The summed E-state index contributed by atoms with van der Waals surface area (Å²) in [7, 11) is 0. The average Bonchev–Trinajstić information content (AvgIpc) is 2.33. The van der Waals surface area contributed by atoms with E-state index in [4.69, 9.17) is 5.73 Å². The Labute approximate surface area is 99.0 Å². The third kappa shape index (κ3) is 2.58. The van der Waals surface area contributed by atoms with Crippen molar-refractivity contribution in [1.82, 2.24) is 0 Å². The largest absolute Gasteiger partial charge is 0.328 e. The third-order valence-electron chi connectivity index (χ3n) is 4.95. The fraction of sp³-hybridized carbons (Fsp3) is 1.00. The lowest BCUT2D eigenvalue weighted by Gasteiger charge is -2.42. The minimum atomic E-state index is -0.871. The van der Waals surface area contributed by atoms with Crippen molar-refractivity contribution in [2.75, 3.05) is 0 Å². The highest BCUT2D eigenvalue weighted by Gasteiger charge is 2.43. The van der Waals surface area contributed by atoms with Crippen LogP contribution in [-0.4, -0.2) is 11.7 Å². The van der Waals surface area contributed by atoms with Gasteiger partial charge in [-0.05, 0) is 50.4 Å². The van der Waals surface area contributed by atoms with Crippen LogP contribution in [0.4, 0.5) is 4.39 Å². The van der Waals surface area contributed by atoms with E-state index < -0.39 is 5.67 Å². The second kappa shape index (κ2) is 5.03. The summed E-state index contributed by atoms with van der Waals surface area (Å²) in [5.74, 6) is 1.11. The van der Waals surface area contributed by atoms with Gasteiger partial charge in [0, 0.05) is 6.04 Å². The van der Waals surface area contributed by atoms with Crippen LogP contribution in [0.1, 0.15) is 64.7 Å². The number of halogens is 1. The molecule has 0 radical (unpaired) electrons. The van der Waals surface area contributed by atoms with Gasteiger partial charge in [-0.3, -0.25) is 0 Å². The molecule has 0 aliphatic heterocycles. The first kappa shape index (κ1) is 12.3.